The van der Waals surface area contributed by atoms with Crippen molar-refractivity contribution in [3.63, 3.8) is 0 Å². The summed E-state index contributed by atoms with van der Waals surface area (Å²) in [5.41, 5.74) is 4.48. The number of carbonyl (C=O) groups excluding carboxylic acids is 1. The SMILES string of the molecule is CC1(C)CCc2c(C3CC4C=CC(N5CCC(C6CCCCC6)C5=O)CC4N3)n[nH]c2C1. The Morgan fingerprint density at radius 1 is 1.09 bits per heavy atom. The third-order valence-corrected chi connectivity index (χ3v) is 9.44. The molecule has 0 bridgehead atoms. The van der Waals surface area contributed by atoms with Gasteiger partial charge in [0.05, 0.1) is 17.8 Å². The highest BCUT2D eigenvalue weighted by atomic mass is 16.2. The molecule has 0 radical (unpaired) electrons. The lowest BCUT2D eigenvalue weighted by Crippen LogP contribution is -2.44. The molecule has 5 aliphatic rings. The molecule has 1 saturated carbocycles. The normalized spacial score (nSPS) is 37.0. The number of hydrogen-bond donors (Lipinski definition) is 2. The Morgan fingerprint density at radius 2 is 1.94 bits per heavy atom. The van der Waals surface area contributed by atoms with E-state index in [1.807, 2.05) is 0 Å². The van der Waals surface area contributed by atoms with Crippen LogP contribution in [0.15, 0.2) is 12.2 Å². The van der Waals surface area contributed by atoms with Crippen LogP contribution >= 0.6 is 0 Å². The minimum Gasteiger partial charge on any atom is -0.336 e. The first kappa shape index (κ1) is 20.9. The minimum absolute atomic E-state index is 0.275. The van der Waals surface area contributed by atoms with Crippen LogP contribution < -0.4 is 5.32 Å². The van der Waals surface area contributed by atoms with Crippen molar-refractivity contribution in [3.8, 4) is 0 Å². The number of carbonyl (C=O) groups is 1. The molecule has 5 heteroatoms. The van der Waals surface area contributed by atoms with E-state index in [1.165, 1.54) is 55.5 Å². The molecule has 1 aromatic rings. The molecule has 3 fully saturated rings. The number of likely N-dealkylation sites (tertiary alicyclic amines) is 1. The summed E-state index contributed by atoms with van der Waals surface area (Å²) in [6.45, 7) is 5.68. The van der Waals surface area contributed by atoms with Crippen LogP contribution in [0.2, 0.25) is 0 Å². The van der Waals surface area contributed by atoms with Crippen LogP contribution in [0, 0.1) is 23.2 Å². The third-order valence-electron chi connectivity index (χ3n) is 9.44. The number of aromatic amines is 1. The fourth-order valence-electron chi connectivity index (χ4n) is 7.56. The van der Waals surface area contributed by atoms with Crippen molar-refractivity contribution >= 4 is 5.91 Å². The lowest BCUT2D eigenvalue weighted by atomic mass is 9.76. The summed E-state index contributed by atoms with van der Waals surface area (Å²) in [7, 11) is 0. The summed E-state index contributed by atoms with van der Waals surface area (Å²) in [4.78, 5) is 15.5. The Labute approximate surface area is 192 Å². The van der Waals surface area contributed by atoms with Gasteiger partial charge in [-0.25, -0.2) is 0 Å². The standard InChI is InChI=1S/C27H40N4O/c1-27(2)12-10-21-24(16-27)29-30-25(21)23-14-18-8-9-19(15-22(18)28-23)31-13-11-20(26(31)32)17-6-4-3-5-7-17/h8-9,17-20,22-23,28H,3-7,10-16H2,1-2H3,(H,29,30). The number of fused-ring (bicyclic) bond motifs is 2. The molecule has 2 saturated heterocycles. The Hall–Kier alpha value is -1.62. The van der Waals surface area contributed by atoms with Crippen LogP contribution in [0.5, 0.6) is 0 Å². The molecule has 5 nitrogen and oxygen atoms in total. The third kappa shape index (κ3) is 3.65. The van der Waals surface area contributed by atoms with Gasteiger partial charge in [-0.1, -0.05) is 45.3 Å². The van der Waals surface area contributed by atoms with Gasteiger partial charge in [-0.05, 0) is 74.2 Å². The second-order valence-electron chi connectivity index (χ2n) is 12.1. The topological polar surface area (TPSA) is 61.0 Å². The largest absolute Gasteiger partial charge is 0.336 e. The van der Waals surface area contributed by atoms with E-state index in [9.17, 15) is 4.79 Å². The average Bonchev–Trinajstić information content (AvgIpc) is 3.48. The van der Waals surface area contributed by atoms with Crippen molar-refractivity contribution in [2.45, 2.75) is 103 Å². The zero-order valence-corrected chi connectivity index (χ0v) is 19.9. The van der Waals surface area contributed by atoms with Crippen LogP contribution in [-0.2, 0) is 17.6 Å². The molecule has 5 unspecified atom stereocenters. The second kappa shape index (κ2) is 8.00. The van der Waals surface area contributed by atoms with Gasteiger partial charge >= 0.3 is 0 Å². The summed E-state index contributed by atoms with van der Waals surface area (Å²) < 4.78 is 0. The van der Waals surface area contributed by atoms with Crippen molar-refractivity contribution in [3.05, 3.63) is 29.1 Å². The van der Waals surface area contributed by atoms with Gasteiger partial charge in [-0.15, -0.1) is 0 Å². The molecule has 1 amide bonds. The maximum Gasteiger partial charge on any atom is 0.226 e. The molecule has 0 aromatic carbocycles. The highest BCUT2D eigenvalue weighted by molar-refractivity contribution is 5.81. The number of H-pyrrole nitrogens is 1. The van der Waals surface area contributed by atoms with E-state index >= 15 is 0 Å². The molecule has 3 aliphatic carbocycles. The number of nitrogens with one attached hydrogen (secondary N) is 2. The zero-order chi connectivity index (χ0) is 21.9. The Kier molecular flexibility index (Phi) is 5.24. The van der Waals surface area contributed by atoms with Crippen molar-refractivity contribution in [1.82, 2.24) is 20.4 Å². The number of amides is 1. The smallest absolute Gasteiger partial charge is 0.226 e. The predicted molar refractivity (Wildman–Crippen MR) is 126 cm³/mol. The molecule has 174 valence electrons. The quantitative estimate of drug-likeness (QED) is 0.675. The summed E-state index contributed by atoms with van der Waals surface area (Å²) in [5.74, 6) is 1.95. The summed E-state index contributed by atoms with van der Waals surface area (Å²) in [6, 6.07) is 1.08. The van der Waals surface area contributed by atoms with E-state index in [0.717, 1.165) is 38.6 Å². The molecule has 6 rings (SSSR count). The fraction of sp³-hybridized carbons (Fsp3) is 0.778. The summed E-state index contributed by atoms with van der Waals surface area (Å²) in [5, 5.41) is 12.1. The van der Waals surface area contributed by atoms with Crippen LogP contribution in [0.3, 0.4) is 0 Å². The van der Waals surface area contributed by atoms with E-state index < -0.39 is 0 Å². The summed E-state index contributed by atoms with van der Waals surface area (Å²) >= 11 is 0. The molecule has 5 atom stereocenters. The highest BCUT2D eigenvalue weighted by Gasteiger charge is 2.44. The van der Waals surface area contributed by atoms with E-state index in [0.29, 0.717) is 41.2 Å². The average molecular weight is 437 g/mol. The van der Waals surface area contributed by atoms with Crippen molar-refractivity contribution < 1.29 is 4.79 Å². The molecular weight excluding hydrogens is 396 g/mol. The lowest BCUT2D eigenvalue weighted by Gasteiger charge is -2.34. The first-order valence-electron chi connectivity index (χ1n) is 13.3. The molecule has 32 heavy (non-hydrogen) atoms. The minimum atomic E-state index is 0.275. The molecule has 3 heterocycles. The van der Waals surface area contributed by atoms with Crippen molar-refractivity contribution in [1.29, 1.82) is 0 Å². The van der Waals surface area contributed by atoms with Crippen molar-refractivity contribution in [2.24, 2.45) is 23.2 Å². The van der Waals surface area contributed by atoms with Crippen molar-refractivity contribution in [2.75, 3.05) is 6.54 Å². The van der Waals surface area contributed by atoms with Gasteiger partial charge in [0.25, 0.3) is 0 Å². The predicted octanol–water partition coefficient (Wildman–Crippen LogP) is 4.70. The molecule has 1 aromatic heterocycles. The second-order valence-corrected chi connectivity index (χ2v) is 12.1. The van der Waals surface area contributed by atoms with Gasteiger partial charge in [0.1, 0.15) is 0 Å². The maximum atomic E-state index is 13.3. The Morgan fingerprint density at radius 3 is 2.78 bits per heavy atom. The highest BCUT2D eigenvalue weighted by Crippen LogP contribution is 2.43. The molecular formula is C27H40N4O. The van der Waals surface area contributed by atoms with Gasteiger partial charge in [0.2, 0.25) is 5.91 Å². The van der Waals surface area contributed by atoms with Gasteiger partial charge in [0, 0.05) is 24.2 Å². The molecule has 2 N–H and O–H groups in total. The van der Waals surface area contributed by atoms with Gasteiger partial charge in [0.15, 0.2) is 0 Å². The number of hydrogen-bond acceptors (Lipinski definition) is 3. The monoisotopic (exact) mass is 436 g/mol. The number of nitrogens with zero attached hydrogens (tertiary/aromatic N) is 2. The van der Waals surface area contributed by atoms with Gasteiger partial charge < -0.3 is 10.2 Å². The zero-order valence-electron chi connectivity index (χ0n) is 19.9. The Balaban J connectivity index is 1.12. The first-order valence-corrected chi connectivity index (χ1v) is 13.3. The Bertz CT molecular complexity index is 895. The van der Waals surface area contributed by atoms with Crippen LogP contribution in [0.25, 0.3) is 0 Å². The van der Waals surface area contributed by atoms with E-state index in [4.69, 9.17) is 5.10 Å². The number of aromatic nitrogens is 2. The van der Waals surface area contributed by atoms with Crippen LogP contribution in [0.1, 0.15) is 94.6 Å². The molecule has 2 aliphatic heterocycles. The number of rotatable bonds is 3. The van der Waals surface area contributed by atoms with Gasteiger partial charge in [-0.2, -0.15) is 5.10 Å². The molecule has 0 spiro atoms. The fourth-order valence-corrected chi connectivity index (χ4v) is 7.56. The summed E-state index contributed by atoms with van der Waals surface area (Å²) in [6.07, 6.45) is 18.1. The van der Waals surface area contributed by atoms with Crippen LogP contribution in [0.4, 0.5) is 0 Å². The first-order chi connectivity index (χ1) is 15.5. The van der Waals surface area contributed by atoms with E-state index in [-0.39, 0.29) is 6.04 Å². The van der Waals surface area contributed by atoms with Crippen LogP contribution in [-0.4, -0.2) is 39.6 Å². The lowest BCUT2D eigenvalue weighted by molar-refractivity contribution is -0.134. The van der Waals surface area contributed by atoms with E-state index in [1.54, 1.807) is 0 Å². The van der Waals surface area contributed by atoms with E-state index in [2.05, 4.69) is 41.3 Å². The van der Waals surface area contributed by atoms with Gasteiger partial charge in [-0.3, -0.25) is 9.89 Å². The maximum absolute atomic E-state index is 13.3.